The van der Waals surface area contributed by atoms with Crippen molar-refractivity contribution in [3.05, 3.63) is 24.5 Å². The van der Waals surface area contributed by atoms with Crippen molar-refractivity contribution in [1.29, 1.82) is 0 Å². The Morgan fingerprint density at radius 3 is 2.53 bits per heavy atom. The number of nitrogens with zero attached hydrogens (tertiary/aromatic N) is 2. The van der Waals surface area contributed by atoms with E-state index in [1.165, 1.54) is 0 Å². The zero-order chi connectivity index (χ0) is 24.4. The lowest BCUT2D eigenvalue weighted by Gasteiger charge is -2.37. The van der Waals surface area contributed by atoms with E-state index in [1.54, 1.807) is 34.9 Å². The number of unbranched alkanes of at least 4 members (excludes halogenated alkanes) is 4. The highest BCUT2D eigenvalue weighted by atomic mass is 16.5. The van der Waals surface area contributed by atoms with Gasteiger partial charge in [0.15, 0.2) is 0 Å². The SMILES string of the molecule is CCCCCCCC1(CC(=O)NO)CCN(C(C(=O)Nc2ccncc2)C2CCCCC2)C1=O. The summed E-state index contributed by atoms with van der Waals surface area (Å²) in [6.07, 6.45) is 14.7. The molecule has 0 aromatic carbocycles. The number of nitrogens with one attached hydrogen (secondary N) is 2. The zero-order valence-electron chi connectivity index (χ0n) is 20.4. The number of carbonyl (C=O) groups excluding carboxylic acids is 3. The fourth-order valence-corrected chi connectivity index (χ4v) is 5.72. The van der Waals surface area contributed by atoms with Crippen LogP contribution in [0, 0.1) is 11.3 Å². The summed E-state index contributed by atoms with van der Waals surface area (Å²) >= 11 is 0. The summed E-state index contributed by atoms with van der Waals surface area (Å²) in [5, 5.41) is 12.2. The minimum atomic E-state index is -0.858. The second-order valence-corrected chi connectivity index (χ2v) is 9.97. The van der Waals surface area contributed by atoms with Gasteiger partial charge in [0.25, 0.3) is 0 Å². The summed E-state index contributed by atoms with van der Waals surface area (Å²) in [5.74, 6) is -0.727. The molecule has 1 aromatic heterocycles. The van der Waals surface area contributed by atoms with Crippen molar-refractivity contribution >= 4 is 23.4 Å². The quantitative estimate of drug-likeness (QED) is 0.236. The molecular formula is C26H40N4O4. The molecule has 1 aliphatic heterocycles. The molecule has 2 unspecified atom stereocenters. The third-order valence-electron chi connectivity index (χ3n) is 7.58. The Labute approximate surface area is 202 Å². The zero-order valence-corrected chi connectivity index (χ0v) is 20.4. The van der Waals surface area contributed by atoms with Crippen molar-refractivity contribution in [3.8, 4) is 0 Å². The van der Waals surface area contributed by atoms with Crippen LogP contribution in [0.15, 0.2) is 24.5 Å². The molecule has 2 aliphatic rings. The van der Waals surface area contributed by atoms with Crippen LogP contribution in [0.2, 0.25) is 0 Å². The molecule has 2 atom stereocenters. The van der Waals surface area contributed by atoms with Crippen molar-refractivity contribution in [2.45, 2.75) is 96.4 Å². The average Bonchev–Trinajstić information content (AvgIpc) is 3.16. The maximum absolute atomic E-state index is 13.9. The van der Waals surface area contributed by atoms with Gasteiger partial charge in [0.1, 0.15) is 6.04 Å². The fraction of sp³-hybridized carbons (Fsp3) is 0.692. The van der Waals surface area contributed by atoms with Crippen LogP contribution >= 0.6 is 0 Å². The van der Waals surface area contributed by atoms with Crippen LogP contribution in [0.5, 0.6) is 0 Å². The number of pyridine rings is 1. The predicted molar refractivity (Wildman–Crippen MR) is 130 cm³/mol. The second kappa shape index (κ2) is 12.8. The van der Waals surface area contributed by atoms with Gasteiger partial charge in [-0.3, -0.25) is 24.6 Å². The van der Waals surface area contributed by atoms with Crippen LogP contribution in [0.3, 0.4) is 0 Å². The third-order valence-corrected chi connectivity index (χ3v) is 7.58. The normalized spacial score (nSPS) is 21.9. The predicted octanol–water partition coefficient (Wildman–Crippen LogP) is 4.44. The second-order valence-electron chi connectivity index (χ2n) is 9.97. The first-order chi connectivity index (χ1) is 16.5. The van der Waals surface area contributed by atoms with Crippen molar-refractivity contribution < 1.29 is 19.6 Å². The summed E-state index contributed by atoms with van der Waals surface area (Å²) in [6.45, 7) is 2.62. The maximum atomic E-state index is 13.9. The number of anilines is 1. The molecule has 188 valence electrons. The highest BCUT2D eigenvalue weighted by Crippen LogP contribution is 2.43. The Morgan fingerprint density at radius 1 is 1.15 bits per heavy atom. The number of aromatic nitrogens is 1. The first kappa shape index (κ1) is 26.1. The molecule has 2 heterocycles. The lowest BCUT2D eigenvalue weighted by atomic mass is 9.77. The highest BCUT2D eigenvalue weighted by molar-refractivity contribution is 5.99. The molecule has 3 amide bonds. The lowest BCUT2D eigenvalue weighted by Crippen LogP contribution is -2.52. The van der Waals surface area contributed by atoms with Crippen molar-refractivity contribution in [3.63, 3.8) is 0 Å². The number of likely N-dealkylation sites (tertiary alicyclic amines) is 1. The Morgan fingerprint density at radius 2 is 1.85 bits per heavy atom. The van der Waals surface area contributed by atoms with Crippen LogP contribution in [0.4, 0.5) is 5.69 Å². The molecule has 34 heavy (non-hydrogen) atoms. The van der Waals surface area contributed by atoms with Gasteiger partial charge in [-0.25, -0.2) is 5.48 Å². The molecule has 1 saturated heterocycles. The Bertz CT molecular complexity index is 812. The number of hydrogen-bond acceptors (Lipinski definition) is 5. The molecule has 0 radical (unpaired) electrons. The van der Waals surface area contributed by atoms with E-state index in [-0.39, 0.29) is 24.2 Å². The van der Waals surface area contributed by atoms with E-state index in [0.717, 1.165) is 64.2 Å². The summed E-state index contributed by atoms with van der Waals surface area (Å²) < 4.78 is 0. The van der Waals surface area contributed by atoms with Gasteiger partial charge in [-0.05, 0) is 43.7 Å². The van der Waals surface area contributed by atoms with Crippen LogP contribution in [-0.2, 0) is 14.4 Å². The number of carbonyl (C=O) groups is 3. The van der Waals surface area contributed by atoms with E-state index in [4.69, 9.17) is 0 Å². The van der Waals surface area contributed by atoms with E-state index in [9.17, 15) is 19.6 Å². The van der Waals surface area contributed by atoms with Gasteiger partial charge >= 0.3 is 0 Å². The Balaban J connectivity index is 1.80. The van der Waals surface area contributed by atoms with Crippen LogP contribution in [0.25, 0.3) is 0 Å². The Kier molecular flexibility index (Phi) is 9.86. The van der Waals surface area contributed by atoms with Crippen molar-refractivity contribution in [2.24, 2.45) is 11.3 Å². The van der Waals surface area contributed by atoms with Crippen molar-refractivity contribution in [2.75, 3.05) is 11.9 Å². The van der Waals surface area contributed by atoms with Gasteiger partial charge in [0.05, 0.1) is 5.41 Å². The van der Waals surface area contributed by atoms with Crippen LogP contribution in [0.1, 0.15) is 90.4 Å². The van der Waals surface area contributed by atoms with E-state index >= 15 is 0 Å². The molecule has 1 aliphatic carbocycles. The largest absolute Gasteiger partial charge is 0.330 e. The molecule has 8 heteroatoms. The maximum Gasteiger partial charge on any atom is 0.247 e. The monoisotopic (exact) mass is 472 g/mol. The summed E-state index contributed by atoms with van der Waals surface area (Å²) in [7, 11) is 0. The van der Waals surface area contributed by atoms with E-state index in [0.29, 0.717) is 25.1 Å². The molecule has 3 N–H and O–H groups in total. The number of rotatable bonds is 12. The highest BCUT2D eigenvalue weighted by Gasteiger charge is 2.51. The molecule has 1 saturated carbocycles. The number of hydrogen-bond donors (Lipinski definition) is 3. The van der Waals surface area contributed by atoms with Gasteiger partial charge in [0.2, 0.25) is 17.7 Å². The van der Waals surface area contributed by atoms with Crippen LogP contribution < -0.4 is 10.8 Å². The molecule has 2 fully saturated rings. The topological polar surface area (TPSA) is 112 Å². The summed E-state index contributed by atoms with van der Waals surface area (Å²) in [6, 6.07) is 2.93. The van der Waals surface area contributed by atoms with Gasteiger partial charge < -0.3 is 10.2 Å². The summed E-state index contributed by atoms with van der Waals surface area (Å²) in [5.41, 5.74) is 1.52. The van der Waals surface area contributed by atoms with E-state index in [2.05, 4.69) is 17.2 Å². The van der Waals surface area contributed by atoms with Crippen molar-refractivity contribution in [1.82, 2.24) is 15.4 Å². The summed E-state index contributed by atoms with van der Waals surface area (Å²) in [4.78, 5) is 45.4. The standard InChI is InChI=1S/C26H40N4O4/c1-2-3-4-5-9-14-26(19-22(31)29-34)15-18-30(25(26)33)23(20-10-7-6-8-11-20)24(32)28-21-12-16-27-17-13-21/h12-13,16-17,20,23,34H,2-11,14-15,18-19H2,1H3,(H,29,31)(H,27,28,32). The molecule has 3 rings (SSSR count). The van der Waals surface area contributed by atoms with E-state index in [1.807, 2.05) is 0 Å². The fourth-order valence-electron chi connectivity index (χ4n) is 5.72. The molecule has 8 nitrogen and oxygen atoms in total. The minimum absolute atomic E-state index is 0.0457. The number of hydroxylamine groups is 1. The van der Waals surface area contributed by atoms with Gasteiger partial charge in [-0.1, -0.05) is 58.3 Å². The molecule has 0 bridgehead atoms. The van der Waals surface area contributed by atoms with Gasteiger partial charge in [-0.15, -0.1) is 0 Å². The first-order valence-corrected chi connectivity index (χ1v) is 13.0. The smallest absolute Gasteiger partial charge is 0.247 e. The minimum Gasteiger partial charge on any atom is -0.330 e. The average molecular weight is 473 g/mol. The van der Waals surface area contributed by atoms with Gasteiger partial charge in [-0.2, -0.15) is 0 Å². The molecule has 0 spiro atoms. The lowest BCUT2D eigenvalue weighted by molar-refractivity contribution is -0.147. The molecule has 1 aromatic rings. The Hall–Kier alpha value is -2.48. The van der Waals surface area contributed by atoms with Gasteiger partial charge in [0, 0.05) is 31.0 Å². The third kappa shape index (κ3) is 6.56. The van der Waals surface area contributed by atoms with Crippen LogP contribution in [-0.4, -0.2) is 45.4 Å². The first-order valence-electron chi connectivity index (χ1n) is 13.0. The van der Waals surface area contributed by atoms with E-state index < -0.39 is 17.4 Å². The molecular weight excluding hydrogens is 432 g/mol. The number of amides is 3.